The van der Waals surface area contributed by atoms with E-state index in [1.165, 1.54) is 0 Å². The van der Waals surface area contributed by atoms with Crippen LogP contribution in [0.3, 0.4) is 0 Å². The standard InChI is InChI=1S/C12H14BrN3O/c1-8(6-14)4-12(17)16-11-3-2-10(13)5-9(11)7-15/h2-3,5,8H,4,6,14H2,1H3,(H,16,17). The number of carbonyl (C=O) groups excluding carboxylic acids is 1. The number of nitrogens with two attached hydrogens (primary N) is 1. The van der Waals surface area contributed by atoms with E-state index in [2.05, 4.69) is 21.2 Å². The summed E-state index contributed by atoms with van der Waals surface area (Å²) < 4.78 is 0.808. The van der Waals surface area contributed by atoms with E-state index in [1.54, 1.807) is 18.2 Å². The third kappa shape index (κ3) is 4.17. The molecule has 0 fully saturated rings. The Balaban J connectivity index is 2.75. The molecule has 5 heteroatoms. The highest BCUT2D eigenvalue weighted by atomic mass is 79.9. The minimum Gasteiger partial charge on any atom is -0.330 e. The monoisotopic (exact) mass is 295 g/mol. The van der Waals surface area contributed by atoms with Crippen molar-refractivity contribution in [2.24, 2.45) is 11.7 Å². The highest BCUT2D eigenvalue weighted by molar-refractivity contribution is 9.10. The van der Waals surface area contributed by atoms with Crippen molar-refractivity contribution in [2.45, 2.75) is 13.3 Å². The second kappa shape index (κ2) is 6.38. The molecule has 1 rings (SSSR count). The number of nitrogens with zero attached hydrogens (tertiary/aromatic N) is 1. The van der Waals surface area contributed by atoms with Crippen LogP contribution < -0.4 is 11.1 Å². The molecule has 0 aliphatic carbocycles. The number of rotatable bonds is 4. The Morgan fingerprint density at radius 2 is 2.35 bits per heavy atom. The van der Waals surface area contributed by atoms with Crippen molar-refractivity contribution in [2.75, 3.05) is 11.9 Å². The van der Waals surface area contributed by atoms with Gasteiger partial charge in [0, 0.05) is 10.9 Å². The first-order valence-corrected chi connectivity index (χ1v) is 6.05. The van der Waals surface area contributed by atoms with Crippen LogP contribution in [0.5, 0.6) is 0 Å². The number of amides is 1. The van der Waals surface area contributed by atoms with Crippen LogP contribution in [0.15, 0.2) is 22.7 Å². The largest absolute Gasteiger partial charge is 0.330 e. The molecule has 17 heavy (non-hydrogen) atoms. The molecular weight excluding hydrogens is 282 g/mol. The van der Waals surface area contributed by atoms with Gasteiger partial charge in [0.05, 0.1) is 11.3 Å². The fourth-order valence-corrected chi connectivity index (χ4v) is 1.68. The molecule has 0 saturated carbocycles. The molecule has 4 nitrogen and oxygen atoms in total. The second-order valence-corrected chi connectivity index (χ2v) is 4.81. The number of benzene rings is 1. The SMILES string of the molecule is CC(CN)CC(=O)Nc1ccc(Br)cc1C#N. The maximum absolute atomic E-state index is 11.6. The number of nitriles is 1. The van der Waals surface area contributed by atoms with Crippen LogP contribution in [0.1, 0.15) is 18.9 Å². The second-order valence-electron chi connectivity index (χ2n) is 3.89. The smallest absolute Gasteiger partial charge is 0.224 e. The predicted octanol–water partition coefficient (Wildman–Crippen LogP) is 2.24. The maximum Gasteiger partial charge on any atom is 0.224 e. The summed E-state index contributed by atoms with van der Waals surface area (Å²) in [6.07, 6.45) is 0.359. The van der Waals surface area contributed by atoms with Crippen LogP contribution in [0.2, 0.25) is 0 Å². The summed E-state index contributed by atoms with van der Waals surface area (Å²) in [4.78, 5) is 11.6. The molecule has 1 aromatic carbocycles. The summed E-state index contributed by atoms with van der Waals surface area (Å²) in [7, 11) is 0. The number of halogens is 1. The molecule has 1 atom stereocenters. The Hall–Kier alpha value is -1.38. The number of nitrogens with one attached hydrogen (secondary N) is 1. The van der Waals surface area contributed by atoms with Gasteiger partial charge >= 0.3 is 0 Å². The van der Waals surface area contributed by atoms with E-state index in [-0.39, 0.29) is 11.8 Å². The highest BCUT2D eigenvalue weighted by Gasteiger charge is 2.10. The van der Waals surface area contributed by atoms with E-state index >= 15 is 0 Å². The van der Waals surface area contributed by atoms with Gasteiger partial charge in [0.2, 0.25) is 5.91 Å². The fourth-order valence-electron chi connectivity index (χ4n) is 1.32. The zero-order valence-electron chi connectivity index (χ0n) is 9.53. The molecule has 0 spiro atoms. The maximum atomic E-state index is 11.6. The first-order valence-electron chi connectivity index (χ1n) is 5.26. The molecule has 0 aliphatic rings. The zero-order chi connectivity index (χ0) is 12.8. The van der Waals surface area contributed by atoms with Gasteiger partial charge in [-0.05, 0) is 30.7 Å². The van der Waals surface area contributed by atoms with Crippen molar-refractivity contribution in [3.8, 4) is 6.07 Å². The van der Waals surface area contributed by atoms with E-state index < -0.39 is 0 Å². The Bertz CT molecular complexity index is 454. The Labute approximate surface area is 109 Å². The third-order valence-corrected chi connectivity index (χ3v) is 2.81. The first kappa shape index (κ1) is 13.7. The van der Waals surface area contributed by atoms with Gasteiger partial charge in [-0.25, -0.2) is 0 Å². The lowest BCUT2D eigenvalue weighted by Crippen LogP contribution is -2.20. The van der Waals surface area contributed by atoms with Gasteiger partial charge < -0.3 is 11.1 Å². The zero-order valence-corrected chi connectivity index (χ0v) is 11.1. The van der Waals surface area contributed by atoms with Gasteiger partial charge in [-0.15, -0.1) is 0 Å². The lowest BCUT2D eigenvalue weighted by atomic mass is 10.1. The van der Waals surface area contributed by atoms with Gasteiger partial charge in [-0.2, -0.15) is 5.26 Å². The van der Waals surface area contributed by atoms with Crippen molar-refractivity contribution >= 4 is 27.5 Å². The molecule has 3 N–H and O–H groups in total. The van der Waals surface area contributed by atoms with Crippen LogP contribution in [-0.2, 0) is 4.79 Å². The molecular formula is C12H14BrN3O. The van der Waals surface area contributed by atoms with E-state index in [4.69, 9.17) is 11.0 Å². The van der Waals surface area contributed by atoms with E-state index in [1.807, 2.05) is 13.0 Å². The summed E-state index contributed by atoms with van der Waals surface area (Å²) in [6.45, 7) is 2.38. The fraction of sp³-hybridized carbons (Fsp3) is 0.333. The van der Waals surface area contributed by atoms with Crippen LogP contribution >= 0.6 is 15.9 Å². The number of anilines is 1. The van der Waals surface area contributed by atoms with Gasteiger partial charge in [0.15, 0.2) is 0 Å². The van der Waals surface area contributed by atoms with Gasteiger partial charge in [-0.3, -0.25) is 4.79 Å². The molecule has 1 unspecified atom stereocenters. The molecule has 0 heterocycles. The van der Waals surface area contributed by atoms with Crippen molar-refractivity contribution in [1.29, 1.82) is 5.26 Å². The van der Waals surface area contributed by atoms with Gasteiger partial charge in [0.1, 0.15) is 6.07 Å². The molecule has 0 aromatic heterocycles. The normalized spacial score (nSPS) is 11.6. The Morgan fingerprint density at radius 1 is 1.65 bits per heavy atom. The van der Waals surface area contributed by atoms with Gasteiger partial charge in [0.25, 0.3) is 0 Å². The quantitative estimate of drug-likeness (QED) is 0.894. The first-order chi connectivity index (χ1) is 8.06. The number of carbonyl (C=O) groups is 1. The molecule has 90 valence electrons. The number of hydrogen-bond acceptors (Lipinski definition) is 3. The Morgan fingerprint density at radius 3 is 2.94 bits per heavy atom. The lowest BCUT2D eigenvalue weighted by molar-refractivity contribution is -0.116. The lowest BCUT2D eigenvalue weighted by Gasteiger charge is -2.10. The minimum atomic E-state index is -0.123. The minimum absolute atomic E-state index is 0.123. The average Bonchev–Trinajstić information content (AvgIpc) is 2.31. The topological polar surface area (TPSA) is 78.9 Å². The van der Waals surface area contributed by atoms with E-state index in [0.29, 0.717) is 24.2 Å². The molecule has 1 amide bonds. The van der Waals surface area contributed by atoms with E-state index in [9.17, 15) is 4.79 Å². The van der Waals surface area contributed by atoms with Gasteiger partial charge in [-0.1, -0.05) is 22.9 Å². The molecule has 0 radical (unpaired) electrons. The highest BCUT2D eigenvalue weighted by Crippen LogP contribution is 2.20. The number of hydrogen-bond donors (Lipinski definition) is 2. The van der Waals surface area contributed by atoms with E-state index in [0.717, 1.165) is 4.47 Å². The van der Waals surface area contributed by atoms with Crippen molar-refractivity contribution in [3.63, 3.8) is 0 Å². The summed E-state index contributed by atoms with van der Waals surface area (Å²) in [5, 5.41) is 11.7. The van der Waals surface area contributed by atoms with Crippen LogP contribution in [0.4, 0.5) is 5.69 Å². The molecule has 0 bridgehead atoms. The summed E-state index contributed by atoms with van der Waals surface area (Å²) in [5.41, 5.74) is 6.42. The molecule has 0 saturated heterocycles. The van der Waals surface area contributed by atoms with Crippen LogP contribution in [-0.4, -0.2) is 12.5 Å². The van der Waals surface area contributed by atoms with Crippen molar-refractivity contribution in [3.05, 3.63) is 28.2 Å². The molecule has 0 aliphatic heterocycles. The van der Waals surface area contributed by atoms with Crippen molar-refractivity contribution in [1.82, 2.24) is 0 Å². The third-order valence-electron chi connectivity index (χ3n) is 2.31. The van der Waals surface area contributed by atoms with Crippen LogP contribution in [0, 0.1) is 17.2 Å². The Kier molecular flexibility index (Phi) is 5.13. The van der Waals surface area contributed by atoms with Crippen LogP contribution in [0.25, 0.3) is 0 Å². The molecule has 1 aromatic rings. The summed E-state index contributed by atoms with van der Waals surface area (Å²) in [6, 6.07) is 7.19. The summed E-state index contributed by atoms with van der Waals surface area (Å²) >= 11 is 3.27. The van der Waals surface area contributed by atoms with Crippen molar-refractivity contribution < 1.29 is 4.79 Å². The summed E-state index contributed by atoms with van der Waals surface area (Å²) in [5.74, 6) is 0.0118. The predicted molar refractivity (Wildman–Crippen MR) is 70.3 cm³/mol. The average molecular weight is 296 g/mol.